The molecule has 5 nitrogen and oxygen atoms in total. The summed E-state index contributed by atoms with van der Waals surface area (Å²) in [5.74, 6) is -0.158. The molecule has 1 aliphatic carbocycles. The second-order valence-electron chi connectivity index (χ2n) is 5.71. The highest BCUT2D eigenvalue weighted by atomic mass is 32.1. The molecule has 1 N–H and O–H groups in total. The van der Waals surface area contributed by atoms with Crippen LogP contribution in [0.4, 0.5) is 5.69 Å². The van der Waals surface area contributed by atoms with E-state index in [9.17, 15) is 9.59 Å². The Morgan fingerprint density at radius 2 is 2.04 bits per heavy atom. The molecule has 0 radical (unpaired) electrons. The number of ether oxygens (including phenoxy) is 1. The fourth-order valence-corrected chi connectivity index (χ4v) is 2.83. The van der Waals surface area contributed by atoms with Crippen LogP contribution in [0.25, 0.3) is 0 Å². The number of nitrogens with zero attached hydrogens (tertiary/aromatic N) is 1. The van der Waals surface area contributed by atoms with Crippen molar-refractivity contribution in [3.05, 3.63) is 45.9 Å². The Morgan fingerprint density at radius 3 is 2.74 bits per heavy atom. The Morgan fingerprint density at radius 1 is 1.30 bits per heavy atom. The van der Waals surface area contributed by atoms with Crippen molar-refractivity contribution in [2.24, 2.45) is 5.92 Å². The molecule has 0 unspecified atom stereocenters. The van der Waals surface area contributed by atoms with Gasteiger partial charge < -0.3 is 10.1 Å². The topological polar surface area (TPSA) is 68.3 Å². The zero-order chi connectivity index (χ0) is 16.2. The van der Waals surface area contributed by atoms with Gasteiger partial charge in [-0.3, -0.25) is 9.59 Å². The molecule has 1 aromatic carbocycles. The number of thiazole rings is 1. The van der Waals surface area contributed by atoms with Gasteiger partial charge in [-0.05, 0) is 31.9 Å². The van der Waals surface area contributed by atoms with E-state index in [2.05, 4.69) is 10.3 Å². The summed E-state index contributed by atoms with van der Waals surface area (Å²) in [6.45, 7) is 2.18. The van der Waals surface area contributed by atoms with Gasteiger partial charge >= 0.3 is 5.97 Å². The lowest BCUT2D eigenvalue weighted by molar-refractivity contribution is -0.146. The number of hydrogen-bond donors (Lipinski definition) is 1. The van der Waals surface area contributed by atoms with E-state index in [1.165, 1.54) is 11.3 Å². The lowest BCUT2D eigenvalue weighted by Gasteiger charge is -2.04. The Bertz CT molecular complexity index is 705. The number of amides is 1. The van der Waals surface area contributed by atoms with Crippen molar-refractivity contribution in [1.29, 1.82) is 0 Å². The predicted octanol–water partition coefficient (Wildman–Crippen LogP) is 3.09. The van der Waals surface area contributed by atoms with Gasteiger partial charge in [0.15, 0.2) is 0 Å². The average molecular weight is 330 g/mol. The first kappa shape index (κ1) is 15.7. The third kappa shape index (κ3) is 4.63. The van der Waals surface area contributed by atoms with Gasteiger partial charge in [0.1, 0.15) is 11.6 Å². The molecule has 0 atom stereocenters. The molecule has 2 aromatic rings. The van der Waals surface area contributed by atoms with Gasteiger partial charge in [0.2, 0.25) is 5.91 Å². The van der Waals surface area contributed by atoms with Gasteiger partial charge in [0.05, 0.1) is 18.0 Å². The van der Waals surface area contributed by atoms with Gasteiger partial charge in [-0.1, -0.05) is 17.7 Å². The third-order valence-corrected chi connectivity index (χ3v) is 4.42. The fourth-order valence-electron chi connectivity index (χ4n) is 2.06. The summed E-state index contributed by atoms with van der Waals surface area (Å²) in [7, 11) is 0. The standard InChI is InChI=1S/C17H18N2O3S/c1-11-2-6-13(7-3-11)18-15(20)8-16-19-14(10-23-16)9-22-17(21)12-4-5-12/h2-3,6-7,10,12H,4-5,8-9H2,1H3,(H,18,20). The maximum atomic E-state index is 12.0. The number of carbonyl (C=O) groups is 2. The second kappa shape index (κ2) is 6.91. The summed E-state index contributed by atoms with van der Waals surface area (Å²) in [6, 6.07) is 7.65. The molecule has 1 heterocycles. The third-order valence-electron chi connectivity index (χ3n) is 3.52. The number of anilines is 1. The summed E-state index contributed by atoms with van der Waals surface area (Å²) in [6.07, 6.45) is 2.08. The van der Waals surface area contributed by atoms with E-state index < -0.39 is 0 Å². The quantitative estimate of drug-likeness (QED) is 0.827. The number of benzene rings is 1. The largest absolute Gasteiger partial charge is 0.459 e. The van der Waals surface area contributed by atoms with Crippen molar-refractivity contribution in [2.45, 2.75) is 32.8 Å². The molecule has 0 bridgehead atoms. The van der Waals surface area contributed by atoms with E-state index in [1.54, 1.807) is 0 Å². The number of carbonyl (C=O) groups excluding carboxylic acids is 2. The molecule has 0 aliphatic heterocycles. The van der Waals surface area contributed by atoms with E-state index in [0.717, 1.165) is 24.1 Å². The molecule has 3 rings (SSSR count). The maximum Gasteiger partial charge on any atom is 0.309 e. The van der Waals surface area contributed by atoms with E-state index in [4.69, 9.17) is 4.74 Å². The zero-order valence-electron chi connectivity index (χ0n) is 12.9. The number of hydrogen-bond acceptors (Lipinski definition) is 5. The number of aryl methyl sites for hydroxylation is 1. The Kier molecular flexibility index (Phi) is 4.71. The van der Waals surface area contributed by atoms with E-state index in [1.807, 2.05) is 36.6 Å². The van der Waals surface area contributed by atoms with Gasteiger partial charge in [-0.15, -0.1) is 11.3 Å². The van der Waals surface area contributed by atoms with Crippen LogP contribution in [0.5, 0.6) is 0 Å². The highest BCUT2D eigenvalue weighted by Gasteiger charge is 2.31. The SMILES string of the molecule is Cc1ccc(NC(=O)Cc2nc(COC(=O)C3CC3)cs2)cc1. The van der Waals surface area contributed by atoms with Crippen molar-refractivity contribution in [3.63, 3.8) is 0 Å². The molecular weight excluding hydrogens is 312 g/mol. The number of rotatable bonds is 6. The van der Waals surface area contributed by atoms with Crippen molar-refractivity contribution in [2.75, 3.05) is 5.32 Å². The summed E-state index contributed by atoms with van der Waals surface area (Å²) in [4.78, 5) is 27.8. The lowest BCUT2D eigenvalue weighted by Crippen LogP contribution is -2.14. The van der Waals surface area contributed by atoms with Crippen molar-refractivity contribution < 1.29 is 14.3 Å². The molecule has 23 heavy (non-hydrogen) atoms. The van der Waals surface area contributed by atoms with Crippen LogP contribution in [-0.4, -0.2) is 16.9 Å². The van der Waals surface area contributed by atoms with Crippen LogP contribution in [-0.2, 0) is 27.4 Å². The summed E-state index contributed by atoms with van der Waals surface area (Å²) < 4.78 is 5.18. The summed E-state index contributed by atoms with van der Waals surface area (Å²) in [5, 5.41) is 5.39. The minimum atomic E-state index is -0.142. The fraction of sp³-hybridized carbons (Fsp3) is 0.353. The van der Waals surface area contributed by atoms with Gasteiger partial charge in [0.25, 0.3) is 0 Å². The monoisotopic (exact) mass is 330 g/mol. The minimum Gasteiger partial charge on any atom is -0.459 e. The van der Waals surface area contributed by atoms with Crippen LogP contribution >= 0.6 is 11.3 Å². The molecule has 1 amide bonds. The van der Waals surface area contributed by atoms with Crippen LogP contribution < -0.4 is 5.32 Å². The van der Waals surface area contributed by atoms with Crippen LogP contribution in [0.3, 0.4) is 0 Å². The average Bonchev–Trinajstić information content (AvgIpc) is 3.29. The van der Waals surface area contributed by atoms with Crippen LogP contribution in [0, 0.1) is 12.8 Å². The van der Waals surface area contributed by atoms with E-state index in [-0.39, 0.29) is 30.8 Å². The van der Waals surface area contributed by atoms with Crippen LogP contribution in [0.15, 0.2) is 29.6 Å². The molecule has 0 spiro atoms. The summed E-state index contributed by atoms with van der Waals surface area (Å²) >= 11 is 1.40. The van der Waals surface area contributed by atoms with Crippen molar-refractivity contribution in [3.8, 4) is 0 Å². The van der Waals surface area contributed by atoms with E-state index >= 15 is 0 Å². The normalized spacial score (nSPS) is 13.6. The first-order valence-corrected chi connectivity index (χ1v) is 8.44. The first-order chi connectivity index (χ1) is 11.1. The van der Waals surface area contributed by atoms with Gasteiger partial charge in [-0.2, -0.15) is 0 Å². The molecule has 120 valence electrons. The second-order valence-corrected chi connectivity index (χ2v) is 6.65. The van der Waals surface area contributed by atoms with Crippen LogP contribution in [0.1, 0.15) is 29.1 Å². The number of nitrogens with one attached hydrogen (secondary N) is 1. The number of esters is 1. The first-order valence-electron chi connectivity index (χ1n) is 7.56. The Hall–Kier alpha value is -2.21. The smallest absolute Gasteiger partial charge is 0.309 e. The number of aromatic nitrogens is 1. The molecule has 1 aromatic heterocycles. The van der Waals surface area contributed by atoms with Crippen molar-refractivity contribution >= 4 is 28.9 Å². The Balaban J connectivity index is 1.48. The molecule has 1 fully saturated rings. The molecule has 6 heteroatoms. The molecule has 0 saturated heterocycles. The highest BCUT2D eigenvalue weighted by molar-refractivity contribution is 7.09. The zero-order valence-corrected chi connectivity index (χ0v) is 13.7. The highest BCUT2D eigenvalue weighted by Crippen LogP contribution is 2.30. The van der Waals surface area contributed by atoms with Crippen LogP contribution in [0.2, 0.25) is 0 Å². The summed E-state index contributed by atoms with van der Waals surface area (Å²) in [5.41, 5.74) is 2.62. The minimum absolute atomic E-state index is 0.0911. The molecule has 1 saturated carbocycles. The Labute approximate surface area is 138 Å². The van der Waals surface area contributed by atoms with Gasteiger partial charge in [-0.25, -0.2) is 4.98 Å². The maximum absolute atomic E-state index is 12.0. The molecule has 1 aliphatic rings. The van der Waals surface area contributed by atoms with Crippen molar-refractivity contribution in [1.82, 2.24) is 4.98 Å². The molecular formula is C17H18N2O3S. The predicted molar refractivity (Wildman–Crippen MR) is 88.1 cm³/mol. The lowest BCUT2D eigenvalue weighted by atomic mass is 10.2. The van der Waals surface area contributed by atoms with Gasteiger partial charge in [0, 0.05) is 11.1 Å². The van der Waals surface area contributed by atoms with E-state index in [0.29, 0.717) is 10.7 Å².